The molecule has 1 aromatic rings. The zero-order valence-corrected chi connectivity index (χ0v) is 22.2. The van der Waals surface area contributed by atoms with Crippen LogP contribution in [0.25, 0.3) is 0 Å². The van der Waals surface area contributed by atoms with Gasteiger partial charge in [-0.05, 0) is 36.3 Å². The van der Waals surface area contributed by atoms with E-state index >= 15 is 0 Å². The number of carbonyl (C=O) groups is 1. The first kappa shape index (κ1) is 26.3. The fourth-order valence-corrected chi connectivity index (χ4v) is 4.98. The molecule has 176 valence electrons. The third-order valence-electron chi connectivity index (χ3n) is 5.86. The molecule has 2 aliphatic heterocycles. The molecule has 0 spiro atoms. The van der Waals surface area contributed by atoms with Crippen molar-refractivity contribution < 1.29 is 9.53 Å². The summed E-state index contributed by atoms with van der Waals surface area (Å²) in [6.07, 6.45) is 1.47. The van der Waals surface area contributed by atoms with E-state index in [2.05, 4.69) is 47.8 Å². The Bertz CT molecular complexity index is 706. The van der Waals surface area contributed by atoms with Crippen molar-refractivity contribution in [1.29, 1.82) is 0 Å². The van der Waals surface area contributed by atoms with Gasteiger partial charge in [0.25, 0.3) is 0 Å². The molecule has 9 heteroatoms. The maximum Gasteiger partial charge on any atom is 0.224 e. The second-order valence-electron chi connectivity index (χ2n) is 8.29. The highest BCUT2D eigenvalue weighted by molar-refractivity contribution is 14.0. The van der Waals surface area contributed by atoms with Gasteiger partial charge in [-0.2, -0.15) is 0 Å². The zero-order valence-electron chi connectivity index (χ0n) is 19.1. The number of carbonyl (C=O) groups excluding carboxylic acids is 1. The van der Waals surface area contributed by atoms with Crippen LogP contribution in [0.2, 0.25) is 0 Å². The number of morpholine rings is 1. The van der Waals surface area contributed by atoms with Crippen molar-refractivity contribution in [3.63, 3.8) is 0 Å². The summed E-state index contributed by atoms with van der Waals surface area (Å²) >= 11 is 1.80. The van der Waals surface area contributed by atoms with E-state index in [4.69, 9.17) is 9.73 Å². The second-order valence-corrected chi connectivity index (χ2v) is 9.29. The van der Waals surface area contributed by atoms with E-state index in [9.17, 15) is 4.79 Å². The second kappa shape index (κ2) is 13.6. The largest absolute Gasteiger partial charge is 0.379 e. The Hall–Kier alpha value is -0.910. The summed E-state index contributed by atoms with van der Waals surface area (Å²) in [7, 11) is 0. The lowest BCUT2D eigenvalue weighted by atomic mass is 10.0. The van der Waals surface area contributed by atoms with E-state index in [-0.39, 0.29) is 29.9 Å². The summed E-state index contributed by atoms with van der Waals surface area (Å²) in [5.41, 5.74) is 1.31. The highest BCUT2D eigenvalue weighted by Gasteiger charge is 2.24. The molecule has 1 unspecified atom stereocenters. The number of rotatable bonds is 8. The average Bonchev–Trinajstić information content (AvgIpc) is 3.22. The first-order chi connectivity index (χ1) is 14.6. The van der Waals surface area contributed by atoms with Crippen LogP contribution in [-0.2, 0) is 22.5 Å². The summed E-state index contributed by atoms with van der Waals surface area (Å²) < 4.78 is 5.50. The Morgan fingerprint density at radius 3 is 2.74 bits per heavy atom. The lowest BCUT2D eigenvalue weighted by molar-refractivity contribution is -0.131. The van der Waals surface area contributed by atoms with E-state index < -0.39 is 0 Å². The van der Waals surface area contributed by atoms with Gasteiger partial charge < -0.3 is 20.3 Å². The molecular formula is C22H38IN5O2S. The molecule has 31 heavy (non-hydrogen) atoms. The van der Waals surface area contributed by atoms with Gasteiger partial charge in [0.2, 0.25) is 5.91 Å². The SMILES string of the molecule is CCNC(=NCC(C(C)C)N1CCOCC1)NCCC(=O)N1CCc2sccc2C1.I. The summed E-state index contributed by atoms with van der Waals surface area (Å²) in [5.74, 6) is 1.53. The quantitative estimate of drug-likeness (QED) is 0.289. The predicted octanol–water partition coefficient (Wildman–Crippen LogP) is 2.55. The number of ether oxygens (including phenoxy) is 1. The fraction of sp³-hybridized carbons (Fsp3) is 0.727. The van der Waals surface area contributed by atoms with E-state index in [1.807, 2.05) is 4.90 Å². The first-order valence-corrected chi connectivity index (χ1v) is 12.1. The summed E-state index contributed by atoms with van der Waals surface area (Å²) in [5, 5.41) is 8.79. The summed E-state index contributed by atoms with van der Waals surface area (Å²) in [4.78, 5) is 23.4. The van der Waals surface area contributed by atoms with E-state index in [0.717, 1.165) is 64.9 Å². The number of aliphatic imine (C=N–C) groups is 1. The van der Waals surface area contributed by atoms with Gasteiger partial charge in [0.15, 0.2) is 5.96 Å². The van der Waals surface area contributed by atoms with Crippen molar-refractivity contribution in [1.82, 2.24) is 20.4 Å². The number of fused-ring (bicyclic) bond motifs is 1. The van der Waals surface area contributed by atoms with Crippen LogP contribution in [0.4, 0.5) is 0 Å². The van der Waals surface area contributed by atoms with Crippen LogP contribution < -0.4 is 10.6 Å². The number of amides is 1. The lowest BCUT2D eigenvalue weighted by Crippen LogP contribution is -2.48. The lowest BCUT2D eigenvalue weighted by Gasteiger charge is -2.36. The Balaban J connectivity index is 0.00000341. The van der Waals surface area contributed by atoms with Crippen LogP contribution >= 0.6 is 35.3 Å². The smallest absolute Gasteiger partial charge is 0.224 e. The van der Waals surface area contributed by atoms with Gasteiger partial charge in [-0.25, -0.2) is 0 Å². The molecule has 1 amide bonds. The van der Waals surface area contributed by atoms with Gasteiger partial charge in [-0.3, -0.25) is 14.7 Å². The van der Waals surface area contributed by atoms with Gasteiger partial charge in [0, 0.05) is 56.6 Å². The molecule has 0 radical (unpaired) electrons. The number of hydrogen-bond donors (Lipinski definition) is 2. The van der Waals surface area contributed by atoms with Crippen LogP contribution in [0.3, 0.4) is 0 Å². The van der Waals surface area contributed by atoms with Crippen molar-refractivity contribution in [3.8, 4) is 0 Å². The number of nitrogens with one attached hydrogen (secondary N) is 2. The zero-order chi connectivity index (χ0) is 21.3. The maximum absolute atomic E-state index is 12.6. The Labute approximate surface area is 208 Å². The molecular weight excluding hydrogens is 525 g/mol. The van der Waals surface area contributed by atoms with Crippen molar-refractivity contribution in [2.75, 3.05) is 52.5 Å². The molecule has 0 aromatic carbocycles. The van der Waals surface area contributed by atoms with Gasteiger partial charge in [-0.15, -0.1) is 35.3 Å². The van der Waals surface area contributed by atoms with Gasteiger partial charge >= 0.3 is 0 Å². The Morgan fingerprint density at radius 1 is 1.26 bits per heavy atom. The average molecular weight is 564 g/mol. The molecule has 1 aromatic heterocycles. The normalized spacial score (nSPS) is 18.3. The molecule has 3 rings (SSSR count). The predicted molar refractivity (Wildman–Crippen MR) is 138 cm³/mol. The molecule has 0 bridgehead atoms. The minimum atomic E-state index is 0. The number of nitrogens with zero attached hydrogens (tertiary/aromatic N) is 3. The van der Waals surface area contributed by atoms with E-state index in [1.165, 1.54) is 10.4 Å². The van der Waals surface area contributed by atoms with E-state index in [1.54, 1.807) is 11.3 Å². The topological polar surface area (TPSA) is 69.2 Å². The molecule has 2 aliphatic rings. The van der Waals surface area contributed by atoms with E-state index in [0.29, 0.717) is 24.9 Å². The molecule has 0 saturated carbocycles. The monoisotopic (exact) mass is 563 g/mol. The number of halogens is 1. The molecule has 7 nitrogen and oxygen atoms in total. The van der Waals surface area contributed by atoms with Gasteiger partial charge in [0.1, 0.15) is 0 Å². The highest BCUT2D eigenvalue weighted by Crippen LogP contribution is 2.24. The number of guanidine groups is 1. The molecule has 3 heterocycles. The minimum absolute atomic E-state index is 0. The highest BCUT2D eigenvalue weighted by atomic mass is 127. The fourth-order valence-electron chi connectivity index (χ4n) is 4.09. The van der Waals surface area contributed by atoms with Crippen LogP contribution in [0.1, 0.15) is 37.6 Å². The third kappa shape index (κ3) is 7.87. The summed E-state index contributed by atoms with van der Waals surface area (Å²) in [6.45, 7) is 13.9. The molecule has 2 N–H and O–H groups in total. The van der Waals surface area contributed by atoms with Crippen LogP contribution in [0.15, 0.2) is 16.4 Å². The van der Waals surface area contributed by atoms with Crippen molar-refractivity contribution >= 4 is 47.2 Å². The molecule has 0 aliphatic carbocycles. The third-order valence-corrected chi connectivity index (χ3v) is 6.88. The van der Waals surface area contributed by atoms with Gasteiger partial charge in [-0.1, -0.05) is 13.8 Å². The Morgan fingerprint density at radius 2 is 2.03 bits per heavy atom. The van der Waals surface area contributed by atoms with Crippen LogP contribution in [0.5, 0.6) is 0 Å². The van der Waals surface area contributed by atoms with Crippen molar-refractivity contribution in [3.05, 3.63) is 21.9 Å². The van der Waals surface area contributed by atoms with Crippen LogP contribution in [0, 0.1) is 5.92 Å². The minimum Gasteiger partial charge on any atom is -0.379 e. The molecule has 1 atom stereocenters. The standard InChI is InChI=1S/C22H37N5O2S.HI/c1-4-23-22(25-15-19(17(2)3)26-10-12-29-13-11-26)24-8-5-21(28)27-9-6-20-18(16-27)7-14-30-20;/h7,14,17,19H,4-6,8-13,15-16H2,1-3H3,(H2,23,24,25);1H. The number of hydrogen-bond acceptors (Lipinski definition) is 5. The maximum atomic E-state index is 12.6. The number of thiophene rings is 1. The molecule has 1 saturated heterocycles. The molecule has 1 fully saturated rings. The first-order valence-electron chi connectivity index (χ1n) is 11.3. The Kier molecular flexibility index (Phi) is 11.6. The van der Waals surface area contributed by atoms with Crippen LogP contribution in [-0.4, -0.2) is 80.2 Å². The van der Waals surface area contributed by atoms with Crippen molar-refractivity contribution in [2.24, 2.45) is 10.9 Å². The van der Waals surface area contributed by atoms with Gasteiger partial charge in [0.05, 0.1) is 19.8 Å². The summed E-state index contributed by atoms with van der Waals surface area (Å²) in [6, 6.07) is 2.55. The van der Waals surface area contributed by atoms with Crippen molar-refractivity contribution in [2.45, 2.75) is 46.2 Å².